The summed E-state index contributed by atoms with van der Waals surface area (Å²) in [4.78, 5) is 30.8. The van der Waals surface area contributed by atoms with E-state index in [1.165, 1.54) is 17.2 Å². The molecule has 33 heavy (non-hydrogen) atoms. The fraction of sp³-hybridized carbons (Fsp3) is 0.364. The largest absolute Gasteiger partial charge is 0.394 e. The van der Waals surface area contributed by atoms with Crippen LogP contribution in [0.5, 0.6) is 0 Å². The number of nitrogens with one attached hydrogen (secondary N) is 1. The maximum atomic E-state index is 13.3. The van der Waals surface area contributed by atoms with Crippen LogP contribution >= 0.6 is 11.6 Å². The summed E-state index contributed by atoms with van der Waals surface area (Å²) in [5.74, 6) is -0.392. The zero-order chi connectivity index (χ0) is 24.5. The molecule has 1 fully saturated rings. The molecule has 0 aliphatic carbocycles. The van der Waals surface area contributed by atoms with E-state index in [-0.39, 0.29) is 24.4 Å². The highest BCUT2D eigenvalue weighted by Gasteiger charge is 2.27. The number of nitrogens with zero attached hydrogens (tertiary/aromatic N) is 4. The number of carbonyl (C=O) groups excluding carboxylic acids is 2. The summed E-state index contributed by atoms with van der Waals surface area (Å²) in [6.45, 7) is 2.37. The number of nitrogens with two attached hydrogens (primary N) is 1. The molecular formula is C22H27ClF2N6O2. The van der Waals surface area contributed by atoms with Crippen LogP contribution in [-0.4, -0.2) is 61.2 Å². The van der Waals surface area contributed by atoms with Crippen molar-refractivity contribution in [1.29, 1.82) is 0 Å². The summed E-state index contributed by atoms with van der Waals surface area (Å²) in [6, 6.07) is 6.21. The lowest BCUT2D eigenvalue weighted by molar-refractivity contribution is -0.124. The molecule has 1 heterocycles. The number of hydrogen-bond acceptors (Lipinski definition) is 6. The zero-order valence-electron chi connectivity index (χ0n) is 18.7. The Hall–Kier alpha value is -3.27. The van der Waals surface area contributed by atoms with Gasteiger partial charge in [-0.1, -0.05) is 35.9 Å². The smallest absolute Gasteiger partial charge is 0.269 e. The number of likely N-dealkylation sites (N-methyl/N-ethyl adjacent to an activating group) is 1. The Morgan fingerprint density at radius 2 is 2.06 bits per heavy atom. The molecule has 1 aliphatic heterocycles. The Balaban J connectivity index is 2.44. The van der Waals surface area contributed by atoms with Crippen LogP contribution in [0.1, 0.15) is 30.9 Å². The summed E-state index contributed by atoms with van der Waals surface area (Å²) < 4.78 is 26.7. The molecule has 0 saturated carbocycles. The minimum Gasteiger partial charge on any atom is -0.394 e. The molecule has 178 valence electrons. The Morgan fingerprint density at radius 3 is 2.67 bits per heavy atom. The van der Waals surface area contributed by atoms with E-state index >= 15 is 0 Å². The standard InChI is InChI=1S/C22H27ClF2N6O2/c1-14(23)19(11-28-29-13-32)31-9-8-18(17(12-31)20(26)22(33)30(2)3)27-10-15-6-4-5-7-16(15)21(24)25/h4-7,11,13,21H,8-10,12,26H2,1-3H3,(H,29,32)/b19-14-,20-17-,27-18?,28-11-. The number of benzene rings is 1. The second kappa shape index (κ2) is 12.1. The van der Waals surface area contributed by atoms with Gasteiger partial charge in [0.05, 0.1) is 18.5 Å². The van der Waals surface area contributed by atoms with Crippen molar-refractivity contribution in [3.8, 4) is 0 Å². The summed E-state index contributed by atoms with van der Waals surface area (Å²) in [7, 11) is 3.16. The average Bonchev–Trinajstić information content (AvgIpc) is 2.79. The molecule has 1 aliphatic rings. The first-order valence-corrected chi connectivity index (χ1v) is 10.5. The minimum absolute atomic E-state index is 0.0140. The van der Waals surface area contributed by atoms with Gasteiger partial charge < -0.3 is 15.5 Å². The van der Waals surface area contributed by atoms with E-state index in [1.54, 1.807) is 39.2 Å². The van der Waals surface area contributed by atoms with Crippen molar-refractivity contribution in [3.05, 3.63) is 57.4 Å². The molecule has 0 spiro atoms. The summed E-state index contributed by atoms with van der Waals surface area (Å²) in [5, 5.41) is 4.22. The van der Waals surface area contributed by atoms with Gasteiger partial charge in [-0.2, -0.15) is 5.10 Å². The number of alkyl halides is 2. The first-order chi connectivity index (χ1) is 15.7. The number of piperidine rings is 1. The van der Waals surface area contributed by atoms with Crippen LogP contribution in [0.2, 0.25) is 0 Å². The van der Waals surface area contributed by atoms with E-state index in [2.05, 4.69) is 15.5 Å². The topological polar surface area (TPSA) is 103 Å². The summed E-state index contributed by atoms with van der Waals surface area (Å²) in [5.41, 5.74) is 10.3. The van der Waals surface area contributed by atoms with Gasteiger partial charge in [0.1, 0.15) is 5.70 Å². The van der Waals surface area contributed by atoms with Crippen molar-refractivity contribution in [3.63, 3.8) is 0 Å². The molecule has 0 radical (unpaired) electrons. The SMILES string of the molecule is C/C(Cl)=C(\C=N/NC=O)N1CCC(=NCc2ccccc2C(F)F)/C(=C(\N)C(=O)N(C)C)C1. The second-order valence-electron chi connectivity index (χ2n) is 7.45. The quantitative estimate of drug-likeness (QED) is 0.258. The molecule has 8 nitrogen and oxygen atoms in total. The lowest BCUT2D eigenvalue weighted by atomic mass is 9.98. The maximum absolute atomic E-state index is 13.3. The third kappa shape index (κ3) is 6.85. The lowest BCUT2D eigenvalue weighted by Gasteiger charge is -2.33. The van der Waals surface area contributed by atoms with Gasteiger partial charge in [0, 0.05) is 55.5 Å². The van der Waals surface area contributed by atoms with Crippen molar-refractivity contribution in [1.82, 2.24) is 15.2 Å². The van der Waals surface area contributed by atoms with Crippen LogP contribution in [0, 0.1) is 0 Å². The molecule has 0 unspecified atom stereocenters. The van der Waals surface area contributed by atoms with Crippen molar-refractivity contribution in [2.24, 2.45) is 15.8 Å². The van der Waals surface area contributed by atoms with Gasteiger partial charge in [0.15, 0.2) is 0 Å². The number of hydrazone groups is 1. The Bertz CT molecular complexity index is 1000. The van der Waals surface area contributed by atoms with Crippen LogP contribution in [0.25, 0.3) is 0 Å². The molecule has 2 rings (SSSR count). The van der Waals surface area contributed by atoms with E-state index in [4.69, 9.17) is 17.3 Å². The predicted molar refractivity (Wildman–Crippen MR) is 125 cm³/mol. The number of allylic oxidation sites excluding steroid dienone is 2. The predicted octanol–water partition coefficient (Wildman–Crippen LogP) is 2.77. The van der Waals surface area contributed by atoms with Gasteiger partial charge in [0.25, 0.3) is 12.3 Å². The van der Waals surface area contributed by atoms with Crippen LogP contribution in [-0.2, 0) is 16.1 Å². The lowest BCUT2D eigenvalue weighted by Crippen LogP contribution is -2.40. The fourth-order valence-electron chi connectivity index (χ4n) is 3.33. The minimum atomic E-state index is -2.61. The van der Waals surface area contributed by atoms with E-state index in [9.17, 15) is 18.4 Å². The van der Waals surface area contributed by atoms with Crippen molar-refractivity contribution in [2.75, 3.05) is 27.2 Å². The highest BCUT2D eigenvalue weighted by molar-refractivity contribution is 6.30. The van der Waals surface area contributed by atoms with Gasteiger partial charge in [-0.3, -0.25) is 14.6 Å². The number of likely N-dealkylation sites (tertiary alicyclic amines) is 1. The molecule has 1 aromatic rings. The molecule has 11 heteroatoms. The van der Waals surface area contributed by atoms with Gasteiger partial charge in [-0.25, -0.2) is 14.2 Å². The van der Waals surface area contributed by atoms with E-state index in [0.29, 0.717) is 47.0 Å². The molecule has 1 aromatic carbocycles. The average molecular weight is 481 g/mol. The van der Waals surface area contributed by atoms with Crippen molar-refractivity contribution in [2.45, 2.75) is 26.3 Å². The highest BCUT2D eigenvalue weighted by Crippen LogP contribution is 2.26. The number of halogens is 3. The monoisotopic (exact) mass is 480 g/mol. The molecule has 0 aromatic heterocycles. The second-order valence-corrected chi connectivity index (χ2v) is 8.02. The van der Waals surface area contributed by atoms with Crippen molar-refractivity contribution < 1.29 is 18.4 Å². The summed E-state index contributed by atoms with van der Waals surface area (Å²) in [6.07, 6.45) is -0.387. The van der Waals surface area contributed by atoms with Crippen LogP contribution < -0.4 is 11.2 Å². The molecule has 0 bridgehead atoms. The molecule has 2 amide bonds. The third-order valence-corrected chi connectivity index (χ3v) is 5.21. The molecular weight excluding hydrogens is 454 g/mol. The molecule has 1 saturated heterocycles. The maximum Gasteiger partial charge on any atom is 0.269 e. The Morgan fingerprint density at radius 1 is 1.36 bits per heavy atom. The highest BCUT2D eigenvalue weighted by atomic mass is 35.5. The van der Waals surface area contributed by atoms with Crippen LogP contribution in [0.3, 0.4) is 0 Å². The number of carbonyl (C=O) groups is 2. The van der Waals surface area contributed by atoms with E-state index in [1.807, 2.05) is 4.90 Å². The van der Waals surface area contributed by atoms with E-state index in [0.717, 1.165) is 0 Å². The van der Waals surface area contributed by atoms with E-state index < -0.39 is 12.3 Å². The zero-order valence-corrected chi connectivity index (χ0v) is 19.4. The molecule has 0 atom stereocenters. The van der Waals surface area contributed by atoms with Crippen LogP contribution in [0.15, 0.2) is 56.4 Å². The first kappa shape index (κ1) is 26.0. The number of rotatable bonds is 8. The van der Waals surface area contributed by atoms with Gasteiger partial charge >= 0.3 is 0 Å². The number of aliphatic imine (C=N–C) groups is 1. The van der Waals surface area contributed by atoms with Crippen LogP contribution in [0.4, 0.5) is 8.78 Å². The third-order valence-electron chi connectivity index (χ3n) is 5.02. The van der Waals surface area contributed by atoms with Gasteiger partial charge in [-0.15, -0.1) is 0 Å². The number of hydrogen-bond donors (Lipinski definition) is 2. The fourth-order valence-corrected chi connectivity index (χ4v) is 3.50. The Kier molecular flexibility index (Phi) is 9.53. The summed E-state index contributed by atoms with van der Waals surface area (Å²) >= 11 is 6.23. The molecule has 3 N–H and O–H groups in total. The normalized spacial score (nSPS) is 17.9. The van der Waals surface area contributed by atoms with Gasteiger partial charge in [0.2, 0.25) is 6.41 Å². The Labute approximate surface area is 196 Å². The first-order valence-electron chi connectivity index (χ1n) is 10.1. The van der Waals surface area contributed by atoms with Gasteiger partial charge in [-0.05, 0) is 12.5 Å². The number of amides is 2. The van der Waals surface area contributed by atoms with Crippen molar-refractivity contribution >= 4 is 35.8 Å².